The topological polar surface area (TPSA) is 17.0 Å². The zero-order chi connectivity index (χ0) is 14.8. The van der Waals surface area contributed by atoms with E-state index >= 15 is 0 Å². The average Bonchev–Trinajstić information content (AvgIpc) is 3.21. The summed E-state index contributed by atoms with van der Waals surface area (Å²) >= 11 is 5.83. The van der Waals surface area contributed by atoms with Gasteiger partial charge in [-0.1, -0.05) is 30.7 Å². The van der Waals surface area contributed by atoms with Crippen LogP contribution in [0, 0.1) is 11.7 Å². The molecule has 2 nitrogen and oxygen atoms in total. The van der Waals surface area contributed by atoms with Crippen LogP contribution in [0.15, 0.2) is 36.7 Å². The van der Waals surface area contributed by atoms with E-state index in [2.05, 4.69) is 24.5 Å². The standard InChI is InChI=1S/C17H20ClFN2/c1-2-20-17(12-6-7-12)14-8-9-21(11-14)10-13-4-3-5-15(18)16(13)19/h3-5,8-9,11-12,17,20H,2,6-7,10H2,1H3. The quantitative estimate of drug-likeness (QED) is 0.837. The highest BCUT2D eigenvalue weighted by Gasteiger charge is 2.32. The molecule has 3 rings (SSSR count). The molecular formula is C17H20ClFN2. The fourth-order valence-electron chi connectivity index (χ4n) is 2.82. The number of aromatic nitrogens is 1. The van der Waals surface area contributed by atoms with Crippen molar-refractivity contribution in [2.45, 2.75) is 32.4 Å². The summed E-state index contributed by atoms with van der Waals surface area (Å²) in [4.78, 5) is 0. The average molecular weight is 307 g/mol. The van der Waals surface area contributed by atoms with Gasteiger partial charge in [-0.3, -0.25) is 0 Å². The molecule has 0 bridgehead atoms. The van der Waals surface area contributed by atoms with Gasteiger partial charge in [0.2, 0.25) is 0 Å². The third-order valence-corrected chi connectivity index (χ3v) is 4.33. The lowest BCUT2D eigenvalue weighted by Gasteiger charge is -2.15. The lowest BCUT2D eigenvalue weighted by atomic mass is 10.1. The first-order valence-electron chi connectivity index (χ1n) is 7.51. The minimum Gasteiger partial charge on any atom is -0.349 e. The van der Waals surface area contributed by atoms with E-state index in [9.17, 15) is 4.39 Å². The third kappa shape index (κ3) is 3.30. The molecule has 2 aromatic rings. The Labute approximate surface area is 129 Å². The summed E-state index contributed by atoms with van der Waals surface area (Å²) in [5, 5.41) is 3.73. The molecule has 1 N–H and O–H groups in total. The van der Waals surface area contributed by atoms with E-state index in [0.717, 1.165) is 12.5 Å². The maximum Gasteiger partial charge on any atom is 0.146 e. The van der Waals surface area contributed by atoms with Crippen molar-refractivity contribution in [3.63, 3.8) is 0 Å². The molecule has 1 unspecified atom stereocenters. The van der Waals surface area contributed by atoms with E-state index in [1.54, 1.807) is 18.2 Å². The van der Waals surface area contributed by atoms with Gasteiger partial charge in [-0.15, -0.1) is 0 Å². The summed E-state index contributed by atoms with van der Waals surface area (Å²) in [6.07, 6.45) is 6.73. The van der Waals surface area contributed by atoms with Crippen molar-refractivity contribution in [3.8, 4) is 0 Å². The Morgan fingerprint density at radius 2 is 2.19 bits per heavy atom. The van der Waals surface area contributed by atoms with Crippen molar-refractivity contribution < 1.29 is 4.39 Å². The zero-order valence-corrected chi connectivity index (χ0v) is 12.9. The highest BCUT2D eigenvalue weighted by molar-refractivity contribution is 6.30. The van der Waals surface area contributed by atoms with Crippen LogP contribution in [0.4, 0.5) is 4.39 Å². The molecule has 0 radical (unpaired) electrons. The SMILES string of the molecule is CCNC(c1ccn(Cc2cccc(Cl)c2F)c1)C1CC1. The van der Waals surface area contributed by atoms with Gasteiger partial charge in [0.25, 0.3) is 0 Å². The molecule has 0 spiro atoms. The van der Waals surface area contributed by atoms with E-state index in [4.69, 9.17) is 11.6 Å². The van der Waals surface area contributed by atoms with Crippen LogP contribution in [0.2, 0.25) is 5.02 Å². The van der Waals surface area contributed by atoms with E-state index in [1.807, 2.05) is 10.8 Å². The number of nitrogens with zero attached hydrogens (tertiary/aromatic N) is 1. The molecule has 1 aliphatic carbocycles. The van der Waals surface area contributed by atoms with Crippen LogP contribution in [0.5, 0.6) is 0 Å². The second-order valence-electron chi connectivity index (χ2n) is 5.70. The second-order valence-corrected chi connectivity index (χ2v) is 6.11. The van der Waals surface area contributed by atoms with Gasteiger partial charge in [-0.2, -0.15) is 0 Å². The maximum absolute atomic E-state index is 14.0. The third-order valence-electron chi connectivity index (χ3n) is 4.03. The van der Waals surface area contributed by atoms with E-state index in [1.165, 1.54) is 18.4 Å². The molecule has 1 heterocycles. The summed E-state index contributed by atoms with van der Waals surface area (Å²) in [6.45, 7) is 3.61. The minimum atomic E-state index is -0.320. The van der Waals surface area contributed by atoms with Gasteiger partial charge < -0.3 is 9.88 Å². The van der Waals surface area contributed by atoms with Gasteiger partial charge in [-0.25, -0.2) is 4.39 Å². The lowest BCUT2D eigenvalue weighted by Crippen LogP contribution is -2.22. The Morgan fingerprint density at radius 3 is 2.90 bits per heavy atom. The van der Waals surface area contributed by atoms with E-state index < -0.39 is 0 Å². The van der Waals surface area contributed by atoms with Crippen molar-refractivity contribution in [2.75, 3.05) is 6.54 Å². The van der Waals surface area contributed by atoms with Crippen molar-refractivity contribution in [1.82, 2.24) is 9.88 Å². The number of halogens is 2. The van der Waals surface area contributed by atoms with Gasteiger partial charge in [0, 0.05) is 30.5 Å². The first kappa shape index (κ1) is 14.6. The van der Waals surface area contributed by atoms with Gasteiger partial charge >= 0.3 is 0 Å². The van der Waals surface area contributed by atoms with Crippen LogP contribution >= 0.6 is 11.6 Å². The molecule has 1 aromatic carbocycles. The van der Waals surface area contributed by atoms with E-state index in [0.29, 0.717) is 18.2 Å². The fourth-order valence-corrected chi connectivity index (χ4v) is 3.01. The molecule has 0 aliphatic heterocycles. The maximum atomic E-state index is 14.0. The van der Waals surface area contributed by atoms with Crippen LogP contribution in [0.1, 0.15) is 36.9 Å². The molecule has 1 saturated carbocycles. The predicted molar refractivity (Wildman–Crippen MR) is 84.1 cm³/mol. The number of benzene rings is 1. The fraction of sp³-hybridized carbons (Fsp3) is 0.412. The molecule has 1 fully saturated rings. The van der Waals surface area contributed by atoms with Crippen molar-refractivity contribution in [3.05, 3.63) is 58.6 Å². The van der Waals surface area contributed by atoms with Crippen LogP contribution < -0.4 is 5.32 Å². The van der Waals surface area contributed by atoms with Crippen LogP contribution in [-0.4, -0.2) is 11.1 Å². The Morgan fingerprint density at radius 1 is 1.38 bits per heavy atom. The van der Waals surface area contributed by atoms with Crippen LogP contribution in [0.25, 0.3) is 0 Å². The van der Waals surface area contributed by atoms with Crippen molar-refractivity contribution in [1.29, 1.82) is 0 Å². The van der Waals surface area contributed by atoms with Crippen molar-refractivity contribution in [2.24, 2.45) is 5.92 Å². The summed E-state index contributed by atoms with van der Waals surface area (Å²) in [6, 6.07) is 7.71. The first-order valence-corrected chi connectivity index (χ1v) is 7.88. The van der Waals surface area contributed by atoms with Gasteiger partial charge in [-0.05, 0) is 43.0 Å². The molecular weight excluding hydrogens is 287 g/mol. The predicted octanol–water partition coefficient (Wildman–Crippen LogP) is 4.39. The van der Waals surface area contributed by atoms with E-state index in [-0.39, 0.29) is 10.8 Å². The highest BCUT2D eigenvalue weighted by Crippen LogP contribution is 2.41. The number of nitrogens with one attached hydrogen (secondary N) is 1. The van der Waals surface area contributed by atoms with Gasteiger partial charge in [0.15, 0.2) is 0 Å². The summed E-state index contributed by atoms with van der Waals surface area (Å²) in [7, 11) is 0. The number of rotatable bonds is 6. The summed E-state index contributed by atoms with van der Waals surface area (Å²) in [5.74, 6) is 0.434. The molecule has 0 saturated heterocycles. The Kier molecular flexibility index (Phi) is 4.32. The largest absolute Gasteiger partial charge is 0.349 e. The van der Waals surface area contributed by atoms with Crippen LogP contribution in [0.3, 0.4) is 0 Å². The smallest absolute Gasteiger partial charge is 0.146 e. The lowest BCUT2D eigenvalue weighted by molar-refractivity contribution is 0.495. The van der Waals surface area contributed by atoms with Gasteiger partial charge in [0.1, 0.15) is 5.82 Å². The number of hydrogen-bond acceptors (Lipinski definition) is 1. The molecule has 1 atom stereocenters. The Hall–Kier alpha value is -1.32. The Bertz CT molecular complexity index is 619. The molecule has 112 valence electrons. The zero-order valence-electron chi connectivity index (χ0n) is 12.2. The molecule has 4 heteroatoms. The molecule has 1 aliphatic rings. The highest BCUT2D eigenvalue weighted by atomic mass is 35.5. The minimum absolute atomic E-state index is 0.184. The number of hydrogen-bond donors (Lipinski definition) is 1. The van der Waals surface area contributed by atoms with Gasteiger partial charge in [0.05, 0.1) is 5.02 Å². The molecule has 1 aromatic heterocycles. The second kappa shape index (κ2) is 6.20. The monoisotopic (exact) mass is 306 g/mol. The Balaban J connectivity index is 1.76. The van der Waals surface area contributed by atoms with Crippen LogP contribution in [-0.2, 0) is 6.54 Å². The molecule has 21 heavy (non-hydrogen) atoms. The summed E-state index contributed by atoms with van der Waals surface area (Å²) in [5.41, 5.74) is 1.91. The first-order chi connectivity index (χ1) is 10.2. The molecule has 0 amide bonds. The summed E-state index contributed by atoms with van der Waals surface area (Å²) < 4.78 is 16.0. The normalized spacial score (nSPS) is 16.1. The van der Waals surface area contributed by atoms with Crippen molar-refractivity contribution >= 4 is 11.6 Å².